The topological polar surface area (TPSA) is 46.6 Å². The molecule has 0 N–H and O–H groups in total. The standard InChI is InChI=1S/C20H17F2NO3/c21-12-9-18(19(22)24)23(10-12)20(25)26-11-17-15-7-3-1-5-13(15)14-6-2-4-8-16(14)17/h1-8,12,17-18H,9-11H2/t12-,18+/m0/s1. The van der Waals surface area contributed by atoms with Crippen molar-refractivity contribution in [1.82, 2.24) is 4.90 Å². The summed E-state index contributed by atoms with van der Waals surface area (Å²) in [6.45, 7) is -0.273. The largest absolute Gasteiger partial charge is 0.448 e. The number of halogens is 2. The Balaban J connectivity index is 1.53. The van der Waals surface area contributed by atoms with Gasteiger partial charge in [0.25, 0.3) is 0 Å². The minimum atomic E-state index is -1.71. The molecule has 6 heteroatoms. The number of carbonyl (C=O) groups is 2. The van der Waals surface area contributed by atoms with Crippen LogP contribution in [0.3, 0.4) is 0 Å². The van der Waals surface area contributed by atoms with Crippen LogP contribution in [0.4, 0.5) is 13.6 Å². The Morgan fingerprint density at radius 1 is 1.04 bits per heavy atom. The molecule has 1 heterocycles. The van der Waals surface area contributed by atoms with Crippen LogP contribution in [-0.4, -0.2) is 42.4 Å². The Kier molecular flexibility index (Phi) is 4.18. The van der Waals surface area contributed by atoms with E-state index in [4.69, 9.17) is 4.74 Å². The van der Waals surface area contributed by atoms with E-state index in [0.29, 0.717) is 0 Å². The monoisotopic (exact) mass is 357 g/mol. The van der Waals surface area contributed by atoms with Gasteiger partial charge in [-0.1, -0.05) is 48.5 Å². The molecule has 0 aromatic heterocycles. The van der Waals surface area contributed by atoms with Crippen LogP contribution in [0.25, 0.3) is 11.1 Å². The zero-order chi connectivity index (χ0) is 18.3. The average Bonchev–Trinajstić information content (AvgIpc) is 3.18. The third-order valence-electron chi connectivity index (χ3n) is 5.08. The van der Waals surface area contributed by atoms with Crippen molar-refractivity contribution in [3.63, 3.8) is 0 Å². The first-order valence-electron chi connectivity index (χ1n) is 8.51. The van der Waals surface area contributed by atoms with E-state index in [1.807, 2.05) is 48.5 Å². The maximum Gasteiger partial charge on any atom is 0.410 e. The molecule has 2 atom stereocenters. The van der Waals surface area contributed by atoms with Gasteiger partial charge < -0.3 is 4.74 Å². The van der Waals surface area contributed by atoms with Crippen LogP contribution in [0.2, 0.25) is 0 Å². The predicted molar refractivity (Wildman–Crippen MR) is 91.2 cm³/mol. The predicted octanol–water partition coefficient (Wildman–Crippen LogP) is 3.84. The molecule has 1 aliphatic heterocycles. The Bertz CT molecular complexity index is 824. The molecule has 0 spiro atoms. The number of amides is 1. The molecular weight excluding hydrogens is 340 g/mol. The Labute approximate surface area is 149 Å². The summed E-state index contributed by atoms with van der Waals surface area (Å²) < 4.78 is 31.9. The van der Waals surface area contributed by atoms with E-state index in [9.17, 15) is 18.4 Å². The summed E-state index contributed by atoms with van der Waals surface area (Å²) in [4.78, 5) is 24.2. The summed E-state index contributed by atoms with van der Waals surface area (Å²) in [5.74, 6) is -0.144. The van der Waals surface area contributed by atoms with Crippen molar-refractivity contribution in [2.24, 2.45) is 0 Å². The third-order valence-corrected chi connectivity index (χ3v) is 5.08. The van der Waals surface area contributed by atoms with Gasteiger partial charge in [0.15, 0.2) is 0 Å². The van der Waals surface area contributed by atoms with Crippen LogP contribution in [0.5, 0.6) is 0 Å². The van der Waals surface area contributed by atoms with Gasteiger partial charge in [0, 0.05) is 12.3 Å². The number of hydrogen-bond acceptors (Lipinski definition) is 3. The van der Waals surface area contributed by atoms with Crippen molar-refractivity contribution in [3.8, 4) is 11.1 Å². The van der Waals surface area contributed by atoms with Gasteiger partial charge in [-0.2, -0.15) is 4.39 Å². The fraction of sp³-hybridized carbons (Fsp3) is 0.300. The second kappa shape index (κ2) is 6.52. The van der Waals surface area contributed by atoms with Crippen LogP contribution in [0.1, 0.15) is 23.5 Å². The first kappa shape index (κ1) is 16.7. The van der Waals surface area contributed by atoms with Gasteiger partial charge in [0.05, 0.1) is 6.54 Å². The lowest BCUT2D eigenvalue weighted by atomic mass is 9.98. The van der Waals surface area contributed by atoms with E-state index < -0.39 is 24.3 Å². The van der Waals surface area contributed by atoms with Crippen molar-refractivity contribution in [3.05, 3.63) is 59.7 Å². The van der Waals surface area contributed by atoms with Gasteiger partial charge in [-0.05, 0) is 22.3 Å². The van der Waals surface area contributed by atoms with Gasteiger partial charge in [-0.25, -0.2) is 9.18 Å². The summed E-state index contributed by atoms with van der Waals surface area (Å²) >= 11 is 0. The highest BCUT2D eigenvalue weighted by atomic mass is 19.1. The number of rotatable bonds is 3. The minimum Gasteiger partial charge on any atom is -0.448 e. The van der Waals surface area contributed by atoms with Gasteiger partial charge in [-0.3, -0.25) is 9.69 Å². The van der Waals surface area contributed by atoms with Crippen LogP contribution in [0, 0.1) is 0 Å². The fourth-order valence-corrected chi connectivity index (χ4v) is 3.88. The number of likely N-dealkylation sites (tertiary alicyclic amines) is 1. The molecule has 1 saturated heterocycles. The zero-order valence-electron chi connectivity index (χ0n) is 13.9. The number of benzene rings is 2. The number of nitrogens with zero attached hydrogens (tertiary/aromatic N) is 1. The number of ether oxygens (including phenoxy) is 1. The molecule has 134 valence electrons. The van der Waals surface area contributed by atoms with Crippen LogP contribution >= 0.6 is 0 Å². The molecular formula is C20H17F2NO3. The number of hydrogen-bond donors (Lipinski definition) is 0. The molecule has 2 aromatic carbocycles. The van der Waals surface area contributed by atoms with Gasteiger partial charge in [0.2, 0.25) is 0 Å². The Morgan fingerprint density at radius 3 is 2.19 bits per heavy atom. The Morgan fingerprint density at radius 2 is 1.62 bits per heavy atom. The van der Waals surface area contributed by atoms with E-state index >= 15 is 0 Å². The van der Waals surface area contributed by atoms with Crippen LogP contribution < -0.4 is 0 Å². The molecule has 4 rings (SSSR count). The lowest BCUT2D eigenvalue weighted by Crippen LogP contribution is -2.40. The first-order valence-corrected chi connectivity index (χ1v) is 8.51. The fourth-order valence-electron chi connectivity index (χ4n) is 3.88. The van der Waals surface area contributed by atoms with Crippen molar-refractivity contribution in [2.75, 3.05) is 13.2 Å². The normalized spacial score (nSPS) is 21.4. The summed E-state index contributed by atoms with van der Waals surface area (Å²) in [6, 6.07) is 12.6. The third kappa shape index (κ3) is 2.75. The molecule has 1 fully saturated rings. The number of fused-ring (bicyclic) bond motifs is 3. The quantitative estimate of drug-likeness (QED) is 0.784. The molecule has 26 heavy (non-hydrogen) atoms. The molecule has 0 bridgehead atoms. The summed E-state index contributed by atoms with van der Waals surface area (Å²) in [5.41, 5.74) is 4.27. The first-order chi connectivity index (χ1) is 12.6. The van der Waals surface area contributed by atoms with E-state index in [2.05, 4.69) is 0 Å². The van der Waals surface area contributed by atoms with Gasteiger partial charge in [0.1, 0.15) is 18.8 Å². The van der Waals surface area contributed by atoms with Crippen molar-refractivity contribution in [2.45, 2.75) is 24.6 Å². The maximum absolute atomic E-state index is 13.5. The second-order valence-corrected chi connectivity index (χ2v) is 6.61. The van der Waals surface area contributed by atoms with Crippen molar-refractivity contribution in [1.29, 1.82) is 0 Å². The highest BCUT2D eigenvalue weighted by Crippen LogP contribution is 2.44. The number of carbonyl (C=O) groups excluding carboxylic acids is 2. The second-order valence-electron chi connectivity index (χ2n) is 6.61. The summed E-state index contributed by atoms with van der Waals surface area (Å²) in [6.07, 6.45) is -2.59. The molecule has 1 aliphatic carbocycles. The van der Waals surface area contributed by atoms with Crippen molar-refractivity contribution < 1.29 is 23.1 Å². The molecule has 0 unspecified atom stereocenters. The maximum atomic E-state index is 13.5. The van der Waals surface area contributed by atoms with Gasteiger partial charge in [-0.15, -0.1) is 0 Å². The van der Waals surface area contributed by atoms with Crippen molar-refractivity contribution >= 4 is 12.1 Å². The van der Waals surface area contributed by atoms with E-state index in [0.717, 1.165) is 27.2 Å². The van der Waals surface area contributed by atoms with E-state index in [1.165, 1.54) is 0 Å². The lowest BCUT2D eigenvalue weighted by Gasteiger charge is -2.22. The molecule has 0 saturated carbocycles. The molecule has 1 amide bonds. The summed E-state index contributed by atoms with van der Waals surface area (Å²) in [5, 5.41) is 0. The molecule has 4 nitrogen and oxygen atoms in total. The lowest BCUT2D eigenvalue weighted by molar-refractivity contribution is -0.133. The molecule has 2 aromatic rings. The van der Waals surface area contributed by atoms with Crippen LogP contribution in [0.15, 0.2) is 48.5 Å². The molecule has 0 radical (unpaired) electrons. The molecule has 2 aliphatic rings. The van der Waals surface area contributed by atoms with E-state index in [1.54, 1.807) is 0 Å². The summed E-state index contributed by atoms with van der Waals surface area (Å²) in [7, 11) is 0. The Hall–Kier alpha value is -2.76. The zero-order valence-corrected chi connectivity index (χ0v) is 13.9. The number of alkyl halides is 1. The highest BCUT2D eigenvalue weighted by molar-refractivity contribution is 5.82. The van der Waals surface area contributed by atoms with Crippen LogP contribution in [-0.2, 0) is 9.53 Å². The SMILES string of the molecule is O=C(F)[C@H]1C[C@H](F)CN1C(=O)OCC1c2ccccc2-c2ccccc21. The van der Waals surface area contributed by atoms with Gasteiger partial charge >= 0.3 is 12.1 Å². The average molecular weight is 357 g/mol. The highest BCUT2D eigenvalue weighted by Gasteiger charge is 2.41. The van der Waals surface area contributed by atoms with E-state index in [-0.39, 0.29) is 25.5 Å². The minimum absolute atomic E-state index is 0.0491. The smallest absolute Gasteiger partial charge is 0.410 e.